The number of esters is 1. The maximum Gasteiger partial charge on any atom is 0.341 e. The molecule has 0 unspecified atom stereocenters. The van der Waals surface area contributed by atoms with E-state index in [0.717, 1.165) is 36.1 Å². The van der Waals surface area contributed by atoms with Gasteiger partial charge in [-0.05, 0) is 43.4 Å². The van der Waals surface area contributed by atoms with Gasteiger partial charge < -0.3 is 10.1 Å². The number of fused-ring (bicyclic) bond motifs is 1. The predicted molar refractivity (Wildman–Crippen MR) is 86.7 cm³/mol. The molecule has 6 heteroatoms. The highest BCUT2D eigenvalue weighted by molar-refractivity contribution is 7.17. The van der Waals surface area contributed by atoms with Gasteiger partial charge in [0.2, 0.25) is 0 Å². The summed E-state index contributed by atoms with van der Waals surface area (Å²) in [4.78, 5) is 25.5. The van der Waals surface area contributed by atoms with Crippen LogP contribution in [0.5, 0.6) is 0 Å². The van der Waals surface area contributed by atoms with E-state index in [9.17, 15) is 14.0 Å². The Balaban J connectivity index is 1.96. The molecule has 1 N–H and O–H groups in total. The highest BCUT2D eigenvalue weighted by Crippen LogP contribution is 2.38. The van der Waals surface area contributed by atoms with Crippen molar-refractivity contribution in [3.05, 3.63) is 51.7 Å². The second kappa shape index (κ2) is 6.50. The average Bonchev–Trinajstić information content (AvgIpc) is 2.92. The van der Waals surface area contributed by atoms with Crippen LogP contribution >= 0.6 is 11.3 Å². The number of nitrogens with one attached hydrogen (secondary N) is 1. The van der Waals surface area contributed by atoms with Crippen LogP contribution in [0.4, 0.5) is 9.39 Å². The third-order valence-corrected chi connectivity index (χ3v) is 5.11. The number of hydrogen-bond acceptors (Lipinski definition) is 4. The minimum Gasteiger partial charge on any atom is -0.465 e. The zero-order valence-corrected chi connectivity index (χ0v) is 13.5. The molecular weight excluding hydrogens is 317 g/mol. The lowest BCUT2D eigenvalue weighted by Crippen LogP contribution is -2.16. The molecule has 3 rings (SSSR count). The molecule has 2 aromatic rings. The summed E-state index contributed by atoms with van der Waals surface area (Å²) < 4.78 is 18.6. The number of ether oxygens (including phenoxy) is 1. The molecule has 1 aromatic heterocycles. The van der Waals surface area contributed by atoms with Crippen molar-refractivity contribution in [3.8, 4) is 0 Å². The summed E-state index contributed by atoms with van der Waals surface area (Å²) in [6.45, 7) is 0. The maximum atomic E-state index is 13.7. The highest BCUT2D eigenvalue weighted by Gasteiger charge is 2.27. The summed E-state index contributed by atoms with van der Waals surface area (Å²) in [5, 5.41) is 3.12. The molecule has 0 saturated heterocycles. The standard InChI is InChI=1S/C17H16FNO3S/c1-22-17(21)14-11-7-3-5-9-13(11)23-16(14)19-15(20)10-6-2-4-8-12(10)18/h2,4,6,8H,3,5,7,9H2,1H3,(H,19,20). The van der Waals surface area contributed by atoms with Crippen LogP contribution in [0.1, 0.15) is 44.0 Å². The van der Waals surface area contributed by atoms with Crippen LogP contribution in [0, 0.1) is 5.82 Å². The third-order valence-electron chi connectivity index (χ3n) is 3.91. The van der Waals surface area contributed by atoms with Crippen molar-refractivity contribution in [2.75, 3.05) is 12.4 Å². The number of carbonyl (C=O) groups is 2. The number of thiophene rings is 1. The van der Waals surface area contributed by atoms with E-state index in [4.69, 9.17) is 4.74 Å². The van der Waals surface area contributed by atoms with Crippen LogP contribution in [-0.2, 0) is 17.6 Å². The van der Waals surface area contributed by atoms with E-state index in [1.807, 2.05) is 0 Å². The third kappa shape index (κ3) is 2.99. The van der Waals surface area contributed by atoms with Crippen LogP contribution in [-0.4, -0.2) is 19.0 Å². The second-order valence-electron chi connectivity index (χ2n) is 5.34. The van der Waals surface area contributed by atoms with Gasteiger partial charge in [-0.2, -0.15) is 0 Å². The molecule has 0 spiro atoms. The first kappa shape index (κ1) is 15.7. The lowest BCUT2D eigenvalue weighted by Gasteiger charge is -2.11. The van der Waals surface area contributed by atoms with Crippen LogP contribution in [0.2, 0.25) is 0 Å². The molecule has 0 aliphatic heterocycles. The summed E-state index contributed by atoms with van der Waals surface area (Å²) >= 11 is 1.38. The molecular formula is C17H16FNO3S. The summed E-state index contributed by atoms with van der Waals surface area (Å²) in [6, 6.07) is 5.76. The van der Waals surface area contributed by atoms with Gasteiger partial charge in [0.15, 0.2) is 0 Å². The first-order valence-electron chi connectivity index (χ1n) is 7.40. The molecule has 0 radical (unpaired) electrons. The van der Waals surface area contributed by atoms with Crippen molar-refractivity contribution in [3.63, 3.8) is 0 Å². The lowest BCUT2D eigenvalue weighted by molar-refractivity contribution is 0.0601. The fraction of sp³-hybridized carbons (Fsp3) is 0.294. The monoisotopic (exact) mass is 333 g/mol. The minimum absolute atomic E-state index is 0.0466. The number of benzene rings is 1. The summed E-state index contributed by atoms with van der Waals surface area (Å²) in [5.74, 6) is -1.62. The first-order valence-corrected chi connectivity index (χ1v) is 8.22. The largest absolute Gasteiger partial charge is 0.465 e. The number of methoxy groups -OCH3 is 1. The van der Waals surface area contributed by atoms with Gasteiger partial charge in [0.1, 0.15) is 10.8 Å². The molecule has 120 valence electrons. The second-order valence-corrected chi connectivity index (χ2v) is 6.45. The van der Waals surface area contributed by atoms with E-state index in [-0.39, 0.29) is 5.56 Å². The SMILES string of the molecule is COC(=O)c1c(NC(=O)c2ccccc2F)sc2c1CCCC2. The Kier molecular flexibility index (Phi) is 4.43. The Bertz CT molecular complexity index is 769. The summed E-state index contributed by atoms with van der Waals surface area (Å²) in [7, 11) is 1.32. The molecule has 1 aromatic carbocycles. The van der Waals surface area contributed by atoms with Crippen LogP contribution in [0.3, 0.4) is 0 Å². The van der Waals surface area contributed by atoms with Crippen molar-refractivity contribution in [1.82, 2.24) is 0 Å². The van der Waals surface area contributed by atoms with E-state index in [0.29, 0.717) is 10.6 Å². The van der Waals surface area contributed by atoms with E-state index in [1.165, 1.54) is 36.6 Å². The van der Waals surface area contributed by atoms with Crippen LogP contribution in [0.15, 0.2) is 24.3 Å². The van der Waals surface area contributed by atoms with Crippen molar-refractivity contribution in [1.29, 1.82) is 0 Å². The number of carbonyl (C=O) groups excluding carboxylic acids is 2. The smallest absolute Gasteiger partial charge is 0.341 e. The van der Waals surface area contributed by atoms with Gasteiger partial charge in [0.25, 0.3) is 5.91 Å². The first-order chi connectivity index (χ1) is 11.1. The van der Waals surface area contributed by atoms with Gasteiger partial charge in [-0.15, -0.1) is 11.3 Å². The van der Waals surface area contributed by atoms with Crippen LogP contribution < -0.4 is 5.32 Å². The van der Waals surface area contributed by atoms with E-state index in [1.54, 1.807) is 6.07 Å². The van der Waals surface area contributed by atoms with E-state index >= 15 is 0 Å². The van der Waals surface area contributed by atoms with Crippen molar-refractivity contribution in [2.24, 2.45) is 0 Å². The van der Waals surface area contributed by atoms with Gasteiger partial charge in [0, 0.05) is 4.88 Å². The number of halogens is 1. The predicted octanol–water partition coefficient (Wildman–Crippen LogP) is 3.80. The Morgan fingerprint density at radius 3 is 2.70 bits per heavy atom. The quantitative estimate of drug-likeness (QED) is 0.869. The molecule has 0 atom stereocenters. The number of hydrogen-bond donors (Lipinski definition) is 1. The molecule has 0 saturated carbocycles. The number of rotatable bonds is 3. The average molecular weight is 333 g/mol. The van der Waals surface area contributed by atoms with Gasteiger partial charge in [-0.1, -0.05) is 12.1 Å². The molecule has 23 heavy (non-hydrogen) atoms. The molecule has 0 bridgehead atoms. The molecule has 1 amide bonds. The van der Waals surface area contributed by atoms with Crippen LogP contribution in [0.25, 0.3) is 0 Å². The number of anilines is 1. The van der Waals surface area contributed by atoms with Crippen molar-refractivity contribution >= 4 is 28.2 Å². The Labute approximate surface area is 137 Å². The highest BCUT2D eigenvalue weighted by atomic mass is 32.1. The molecule has 1 heterocycles. The zero-order valence-electron chi connectivity index (χ0n) is 12.6. The number of aryl methyl sites for hydroxylation is 1. The molecule has 4 nitrogen and oxygen atoms in total. The van der Waals surface area contributed by atoms with E-state index < -0.39 is 17.7 Å². The molecule has 0 fully saturated rings. The van der Waals surface area contributed by atoms with Crippen molar-refractivity contribution in [2.45, 2.75) is 25.7 Å². The minimum atomic E-state index is -0.592. The normalized spacial score (nSPS) is 13.3. The molecule has 1 aliphatic rings. The van der Waals surface area contributed by atoms with Gasteiger partial charge in [0.05, 0.1) is 18.2 Å². The van der Waals surface area contributed by atoms with Gasteiger partial charge >= 0.3 is 5.97 Å². The Hall–Kier alpha value is -2.21. The lowest BCUT2D eigenvalue weighted by atomic mass is 9.95. The van der Waals surface area contributed by atoms with Crippen molar-refractivity contribution < 1.29 is 18.7 Å². The fourth-order valence-electron chi connectivity index (χ4n) is 2.79. The Morgan fingerprint density at radius 2 is 1.96 bits per heavy atom. The summed E-state index contributed by atoms with van der Waals surface area (Å²) in [6.07, 6.45) is 3.76. The zero-order chi connectivity index (χ0) is 16.4. The molecule has 1 aliphatic carbocycles. The number of amides is 1. The van der Waals surface area contributed by atoms with E-state index in [2.05, 4.69) is 5.32 Å². The maximum absolute atomic E-state index is 13.7. The van der Waals surface area contributed by atoms with Gasteiger partial charge in [-0.3, -0.25) is 4.79 Å². The fourth-order valence-corrected chi connectivity index (χ4v) is 4.06. The Morgan fingerprint density at radius 1 is 1.22 bits per heavy atom. The topological polar surface area (TPSA) is 55.4 Å². The van der Waals surface area contributed by atoms with Gasteiger partial charge in [-0.25, -0.2) is 9.18 Å². The summed E-state index contributed by atoms with van der Waals surface area (Å²) in [5.41, 5.74) is 1.32.